The van der Waals surface area contributed by atoms with Gasteiger partial charge in [-0.3, -0.25) is 43.2 Å². The maximum atomic E-state index is 14.3. The second kappa shape index (κ2) is 31.0. The first-order chi connectivity index (χ1) is 33.1. The van der Waals surface area contributed by atoms with Crippen molar-refractivity contribution in [3.05, 3.63) is 18.2 Å². The predicted octanol–water partition coefficient (Wildman–Crippen LogP) is -3.91. The van der Waals surface area contributed by atoms with Crippen molar-refractivity contribution in [1.82, 2.24) is 52.1 Å². The number of carbonyl (C=O) groups is 10. The normalized spacial score (nSPS) is 16.9. The Hall–Kier alpha value is -5.51. The Bertz CT molecular complexity index is 1930. The molecule has 1 aromatic rings. The van der Waals surface area contributed by atoms with Gasteiger partial charge in [0.2, 0.25) is 53.2 Å². The van der Waals surface area contributed by atoms with Crippen molar-refractivity contribution in [2.24, 2.45) is 29.0 Å². The monoisotopic (exact) mass is 1030 g/mol. The number of nitrogens with two attached hydrogens (primary N) is 3. The molecule has 1 aliphatic heterocycles. The number of rotatable bonds is 32. The lowest BCUT2D eigenvalue weighted by Crippen LogP contribution is -2.61. The molecule has 0 aromatic carbocycles. The summed E-state index contributed by atoms with van der Waals surface area (Å²) in [6.45, 7) is 6.62. The van der Waals surface area contributed by atoms with Crippen molar-refractivity contribution in [3.8, 4) is 0 Å². The van der Waals surface area contributed by atoms with E-state index in [4.69, 9.17) is 17.2 Å². The number of hydrogen-bond donors (Lipinski definition) is 15. The van der Waals surface area contributed by atoms with E-state index in [2.05, 4.69) is 72.4 Å². The van der Waals surface area contributed by atoms with Crippen LogP contribution in [0.5, 0.6) is 0 Å². The highest BCUT2D eigenvalue weighted by molar-refractivity contribution is 7.80. The number of carboxylic acid groups (broad SMARTS) is 1. The number of H-pyrrole nitrogens is 1. The fraction of sp³-hybridized carbons (Fsp3) is 0.698. The Balaban J connectivity index is 2.32. The number of aromatic nitrogens is 2. The molecule has 1 aliphatic rings. The quantitative estimate of drug-likeness (QED) is 0.0242. The number of aliphatic carboxylic acids is 1. The van der Waals surface area contributed by atoms with E-state index in [1.165, 1.54) is 17.4 Å². The minimum Gasteiger partial charge on any atom is -0.480 e. The van der Waals surface area contributed by atoms with Crippen LogP contribution in [0.1, 0.15) is 91.2 Å². The van der Waals surface area contributed by atoms with Crippen molar-refractivity contribution < 1.29 is 58.2 Å². The molecule has 27 heteroatoms. The first-order valence-electron chi connectivity index (χ1n) is 23.3. The van der Waals surface area contributed by atoms with Crippen LogP contribution in [0.2, 0.25) is 0 Å². The van der Waals surface area contributed by atoms with Gasteiger partial charge in [-0.25, -0.2) is 9.78 Å². The number of thiol groups is 2. The van der Waals surface area contributed by atoms with Gasteiger partial charge in [0.05, 0.1) is 19.0 Å². The second-order valence-corrected chi connectivity index (χ2v) is 18.7. The van der Waals surface area contributed by atoms with E-state index in [9.17, 15) is 58.2 Å². The molecule has 1 saturated heterocycles. The SMILES string of the molecule is CC(C)C[C@H](NC(=O)[C@H](CC(C)C)NC(=O)[C@@H]1CCCN1C(=O)[C@H](CCCCN)NC(=O)[C@H](CO)NC(=O)[C@H](CCC(N)=O)NC(=O)[C@H](Cc1cnc[nH]1)NC(=O)[C@@H](N)CS)C(=O)N[C@@H](CS)C(=O)O. The standard InChI is InChI=1S/C43H73N13O12S2/c1-22(2)14-28(38(62)55-32(20-70)43(67)68)52-37(61)29(15-23(3)4)53-41(65)33-9-7-13-56(33)42(66)27(8-5-6-12-44)50-40(64)31(18-57)54-36(60)26(10-11-34(46)58)49-39(63)30(16-24-17-47-21-48-24)51-35(59)25(45)19-69/h17,21-23,25-33,57,69-70H,5-16,18-20,44-45H2,1-4H3,(H2,46,58)(H,47,48)(H,49,63)(H,50,64)(H,51,59)(H,52,61)(H,53,65)(H,54,60)(H,55,62)(H,67,68)/t25-,26-,27-,28-,29-,30-,31-,32-,33-/m0/s1. The van der Waals surface area contributed by atoms with Crippen molar-refractivity contribution in [2.75, 3.05) is 31.2 Å². The molecular weight excluding hydrogens is 955 g/mol. The molecule has 25 nitrogen and oxygen atoms in total. The zero-order chi connectivity index (χ0) is 52.7. The van der Waals surface area contributed by atoms with Crippen LogP contribution in [0.4, 0.5) is 0 Å². The molecule has 0 aliphatic carbocycles. The topological polar surface area (TPSA) is 405 Å². The molecule has 1 aromatic heterocycles. The number of nitrogens with one attached hydrogen (secondary N) is 8. The smallest absolute Gasteiger partial charge is 0.327 e. The summed E-state index contributed by atoms with van der Waals surface area (Å²) in [5.74, 6) is -9.04. The van der Waals surface area contributed by atoms with E-state index in [-0.39, 0.29) is 75.0 Å². The summed E-state index contributed by atoms with van der Waals surface area (Å²) in [7, 11) is 0. The number of aliphatic hydroxyl groups excluding tert-OH is 1. The number of aromatic amines is 1. The van der Waals surface area contributed by atoms with E-state index >= 15 is 0 Å². The van der Waals surface area contributed by atoms with Crippen LogP contribution in [0, 0.1) is 11.8 Å². The van der Waals surface area contributed by atoms with E-state index < -0.39 is 127 Å². The highest BCUT2D eigenvalue weighted by Crippen LogP contribution is 2.21. The predicted molar refractivity (Wildman–Crippen MR) is 261 cm³/mol. The summed E-state index contributed by atoms with van der Waals surface area (Å²) >= 11 is 8.01. The molecule has 394 valence electrons. The van der Waals surface area contributed by atoms with Crippen LogP contribution < -0.4 is 54.4 Å². The largest absolute Gasteiger partial charge is 0.480 e. The number of unbranched alkanes of at least 4 members (excludes halogenated alkanes) is 1. The number of nitrogens with zero attached hydrogens (tertiary/aromatic N) is 2. The van der Waals surface area contributed by atoms with Crippen LogP contribution in [0.15, 0.2) is 12.5 Å². The molecule has 0 unspecified atom stereocenters. The highest BCUT2D eigenvalue weighted by Gasteiger charge is 2.40. The minimum absolute atomic E-state index is 0.0317. The zero-order valence-corrected chi connectivity index (χ0v) is 41.9. The fourth-order valence-electron chi connectivity index (χ4n) is 7.41. The Labute approximate surface area is 418 Å². The Morgan fingerprint density at radius 1 is 0.729 bits per heavy atom. The van der Waals surface area contributed by atoms with Crippen LogP contribution in [0.3, 0.4) is 0 Å². The molecule has 2 rings (SSSR count). The van der Waals surface area contributed by atoms with Crippen LogP contribution in [-0.4, -0.2) is 170 Å². The molecule has 70 heavy (non-hydrogen) atoms. The summed E-state index contributed by atoms with van der Waals surface area (Å²) in [5, 5.41) is 37.5. The van der Waals surface area contributed by atoms with Gasteiger partial charge in [-0.1, -0.05) is 27.7 Å². The molecule has 0 saturated carbocycles. The Morgan fingerprint density at radius 3 is 1.79 bits per heavy atom. The highest BCUT2D eigenvalue weighted by atomic mass is 32.1. The number of imidazole rings is 1. The van der Waals surface area contributed by atoms with E-state index in [0.29, 0.717) is 25.0 Å². The van der Waals surface area contributed by atoms with Crippen LogP contribution >= 0.6 is 25.3 Å². The van der Waals surface area contributed by atoms with Crippen LogP contribution in [-0.2, 0) is 54.4 Å². The summed E-state index contributed by atoms with van der Waals surface area (Å²) in [5.41, 5.74) is 17.3. The average Bonchev–Trinajstić information content (AvgIpc) is 4.02. The maximum Gasteiger partial charge on any atom is 0.327 e. The molecule has 16 N–H and O–H groups in total. The first kappa shape index (κ1) is 60.6. The lowest BCUT2D eigenvalue weighted by atomic mass is 9.99. The third kappa shape index (κ3) is 20.4. The number of hydrogen-bond acceptors (Lipinski definition) is 16. The number of carboxylic acids is 1. The molecule has 0 radical (unpaired) electrons. The van der Waals surface area contributed by atoms with Gasteiger partial charge in [-0.2, -0.15) is 25.3 Å². The molecule has 9 amide bonds. The van der Waals surface area contributed by atoms with Crippen LogP contribution in [0.25, 0.3) is 0 Å². The third-order valence-corrected chi connectivity index (χ3v) is 11.9. The van der Waals surface area contributed by atoms with Crippen molar-refractivity contribution >= 4 is 84.4 Å². The second-order valence-electron chi connectivity index (χ2n) is 17.9. The zero-order valence-electron chi connectivity index (χ0n) is 40.1. The van der Waals surface area contributed by atoms with Gasteiger partial charge in [-0.15, -0.1) is 0 Å². The maximum absolute atomic E-state index is 14.3. The van der Waals surface area contributed by atoms with Crippen molar-refractivity contribution in [1.29, 1.82) is 0 Å². The Kier molecular flexibility index (Phi) is 26.8. The summed E-state index contributed by atoms with van der Waals surface area (Å²) < 4.78 is 0. The minimum atomic E-state index is -1.71. The fourth-order valence-corrected chi connectivity index (χ4v) is 7.82. The van der Waals surface area contributed by atoms with Gasteiger partial charge in [0.1, 0.15) is 48.3 Å². The molecule has 0 spiro atoms. The lowest BCUT2D eigenvalue weighted by molar-refractivity contribution is -0.143. The summed E-state index contributed by atoms with van der Waals surface area (Å²) in [6, 6.07) is -11.7. The Morgan fingerprint density at radius 2 is 1.26 bits per heavy atom. The van der Waals surface area contributed by atoms with Crippen molar-refractivity contribution in [2.45, 2.75) is 146 Å². The van der Waals surface area contributed by atoms with E-state index in [0.717, 1.165) is 0 Å². The number of amides is 9. The van der Waals surface area contributed by atoms with Gasteiger partial charge >= 0.3 is 5.97 Å². The molecule has 0 bridgehead atoms. The summed E-state index contributed by atoms with van der Waals surface area (Å²) in [6.07, 6.45) is 3.55. The van der Waals surface area contributed by atoms with Gasteiger partial charge in [0.25, 0.3) is 0 Å². The molecular formula is C43H73N13O12S2. The van der Waals surface area contributed by atoms with Crippen molar-refractivity contribution in [3.63, 3.8) is 0 Å². The van der Waals surface area contributed by atoms with Gasteiger partial charge < -0.3 is 74.5 Å². The van der Waals surface area contributed by atoms with Gasteiger partial charge in [-0.05, 0) is 69.7 Å². The lowest BCUT2D eigenvalue weighted by Gasteiger charge is -2.31. The van der Waals surface area contributed by atoms with Gasteiger partial charge in [0, 0.05) is 42.8 Å². The summed E-state index contributed by atoms with van der Waals surface area (Å²) in [4.78, 5) is 141. The third-order valence-electron chi connectivity index (χ3n) is 11.2. The number of likely N-dealkylation sites (tertiary alicyclic amines) is 1. The molecule has 1 fully saturated rings. The van der Waals surface area contributed by atoms with E-state index in [1.807, 2.05) is 27.7 Å². The first-order valence-corrected chi connectivity index (χ1v) is 24.5. The molecule has 2 heterocycles. The molecule has 9 atom stereocenters. The average molecular weight is 1030 g/mol. The number of carbonyl (C=O) groups excluding carboxylic acids is 9. The number of aliphatic hydroxyl groups is 1. The number of primary amides is 1. The van der Waals surface area contributed by atoms with Gasteiger partial charge in [0.15, 0.2) is 0 Å². The van der Waals surface area contributed by atoms with E-state index in [1.54, 1.807) is 0 Å².